The Morgan fingerprint density at radius 2 is 1.89 bits per heavy atom. The van der Waals surface area contributed by atoms with Crippen LogP contribution in [0.2, 0.25) is 0 Å². The number of benzene rings is 1. The van der Waals surface area contributed by atoms with E-state index in [4.69, 9.17) is 4.74 Å². The Balaban J connectivity index is 1.18. The number of nitrogens with one attached hydrogen (secondary N) is 1. The van der Waals surface area contributed by atoms with Gasteiger partial charge in [0, 0.05) is 25.4 Å². The van der Waals surface area contributed by atoms with E-state index >= 15 is 0 Å². The fourth-order valence-electron chi connectivity index (χ4n) is 4.50. The molecule has 6 nitrogen and oxygen atoms in total. The van der Waals surface area contributed by atoms with E-state index in [9.17, 15) is 4.79 Å². The van der Waals surface area contributed by atoms with E-state index in [1.165, 1.54) is 12.8 Å². The third kappa shape index (κ3) is 3.29. The second-order valence-corrected chi connectivity index (χ2v) is 8.66. The zero-order valence-electron chi connectivity index (χ0n) is 16.5. The smallest absolute Gasteiger partial charge is 0.233 e. The summed E-state index contributed by atoms with van der Waals surface area (Å²) in [4.78, 5) is 20.0. The predicted octanol–water partition coefficient (Wildman–Crippen LogP) is 3.20. The third-order valence-corrected chi connectivity index (χ3v) is 6.68. The lowest BCUT2D eigenvalue weighted by Crippen LogP contribution is -2.44. The molecule has 1 aromatic heterocycles. The Kier molecular flexibility index (Phi) is 4.37. The highest BCUT2D eigenvalue weighted by Crippen LogP contribution is 2.50. The van der Waals surface area contributed by atoms with Crippen LogP contribution in [-0.4, -0.2) is 46.2 Å². The maximum atomic E-state index is 13.3. The second kappa shape index (κ2) is 6.90. The SMILES string of the molecule is COc1ccc(C2(C(=O)N3CCC(Cc4nc(C5CC5)n[nH]4)CC3)CC2)cc1. The van der Waals surface area contributed by atoms with Crippen LogP contribution in [0.25, 0.3) is 0 Å². The lowest BCUT2D eigenvalue weighted by atomic mass is 9.90. The van der Waals surface area contributed by atoms with Crippen molar-refractivity contribution in [3.63, 3.8) is 0 Å². The number of carbonyl (C=O) groups is 1. The van der Waals surface area contributed by atoms with Gasteiger partial charge in [-0.3, -0.25) is 9.89 Å². The van der Waals surface area contributed by atoms with Gasteiger partial charge in [0.2, 0.25) is 5.91 Å². The lowest BCUT2D eigenvalue weighted by molar-refractivity contribution is -0.135. The van der Waals surface area contributed by atoms with E-state index in [-0.39, 0.29) is 5.41 Å². The van der Waals surface area contributed by atoms with Crippen LogP contribution in [0.3, 0.4) is 0 Å². The van der Waals surface area contributed by atoms with Gasteiger partial charge in [0.25, 0.3) is 0 Å². The summed E-state index contributed by atoms with van der Waals surface area (Å²) in [5.41, 5.74) is 0.845. The van der Waals surface area contributed by atoms with Crippen LogP contribution in [0.15, 0.2) is 24.3 Å². The molecule has 6 heteroatoms. The van der Waals surface area contributed by atoms with Crippen molar-refractivity contribution in [1.82, 2.24) is 20.1 Å². The van der Waals surface area contributed by atoms with Crippen molar-refractivity contribution in [2.24, 2.45) is 5.92 Å². The van der Waals surface area contributed by atoms with Gasteiger partial charge in [-0.15, -0.1) is 0 Å². The highest BCUT2D eigenvalue weighted by Gasteiger charge is 2.53. The molecule has 0 bridgehead atoms. The molecule has 2 aromatic rings. The standard InChI is InChI=1S/C22H28N4O2/c1-28-18-6-4-17(5-7-18)22(10-11-22)21(27)26-12-8-15(9-13-26)14-19-23-20(25-24-19)16-2-3-16/h4-7,15-16H,2-3,8-14H2,1H3,(H,23,24,25). The highest BCUT2D eigenvalue weighted by molar-refractivity contribution is 5.91. The van der Waals surface area contributed by atoms with Crippen LogP contribution in [0.4, 0.5) is 0 Å². The van der Waals surface area contributed by atoms with Gasteiger partial charge < -0.3 is 9.64 Å². The summed E-state index contributed by atoms with van der Waals surface area (Å²) < 4.78 is 5.25. The fourth-order valence-corrected chi connectivity index (χ4v) is 4.50. The number of hydrogen-bond acceptors (Lipinski definition) is 4. The quantitative estimate of drug-likeness (QED) is 0.835. The van der Waals surface area contributed by atoms with Crippen molar-refractivity contribution in [3.05, 3.63) is 41.5 Å². The Bertz CT molecular complexity index is 844. The Labute approximate surface area is 165 Å². The molecule has 2 saturated carbocycles. The van der Waals surface area contributed by atoms with Crippen molar-refractivity contribution < 1.29 is 9.53 Å². The number of ether oxygens (including phenoxy) is 1. The van der Waals surface area contributed by atoms with E-state index in [2.05, 4.69) is 32.2 Å². The van der Waals surface area contributed by atoms with Gasteiger partial charge in [-0.2, -0.15) is 5.10 Å². The van der Waals surface area contributed by atoms with E-state index in [1.54, 1.807) is 7.11 Å². The molecule has 0 unspecified atom stereocenters. The zero-order chi connectivity index (χ0) is 19.1. The van der Waals surface area contributed by atoms with Crippen LogP contribution in [0, 0.1) is 5.92 Å². The number of carbonyl (C=O) groups excluding carboxylic acids is 1. The van der Waals surface area contributed by atoms with E-state index in [0.717, 1.165) is 68.2 Å². The molecule has 1 aliphatic heterocycles. The number of piperidine rings is 1. The largest absolute Gasteiger partial charge is 0.497 e. The molecule has 0 spiro atoms. The molecular formula is C22H28N4O2. The molecule has 1 aromatic carbocycles. The van der Waals surface area contributed by atoms with Crippen LogP contribution in [-0.2, 0) is 16.6 Å². The first-order valence-electron chi connectivity index (χ1n) is 10.5. The maximum Gasteiger partial charge on any atom is 0.233 e. The van der Waals surface area contributed by atoms with Crippen molar-refractivity contribution in [2.75, 3.05) is 20.2 Å². The first-order valence-corrected chi connectivity index (χ1v) is 10.5. The molecule has 5 rings (SSSR count). The molecule has 148 valence electrons. The monoisotopic (exact) mass is 380 g/mol. The lowest BCUT2D eigenvalue weighted by Gasteiger charge is -2.34. The molecule has 0 radical (unpaired) electrons. The maximum absolute atomic E-state index is 13.3. The number of methoxy groups -OCH3 is 1. The number of likely N-dealkylation sites (tertiary alicyclic amines) is 1. The molecular weight excluding hydrogens is 352 g/mol. The minimum absolute atomic E-state index is 0.288. The average Bonchev–Trinajstić information content (AvgIpc) is 3.67. The Morgan fingerprint density at radius 1 is 1.18 bits per heavy atom. The van der Waals surface area contributed by atoms with Crippen LogP contribution in [0.1, 0.15) is 61.7 Å². The summed E-state index contributed by atoms with van der Waals surface area (Å²) in [6, 6.07) is 8.03. The summed E-state index contributed by atoms with van der Waals surface area (Å²) in [6.45, 7) is 1.70. The Morgan fingerprint density at radius 3 is 2.50 bits per heavy atom. The fraction of sp³-hybridized carbons (Fsp3) is 0.591. The average molecular weight is 380 g/mol. The Hall–Kier alpha value is -2.37. The van der Waals surface area contributed by atoms with Crippen molar-refractivity contribution in [2.45, 2.75) is 56.3 Å². The molecule has 2 aliphatic carbocycles. The van der Waals surface area contributed by atoms with E-state index in [1.807, 2.05) is 12.1 Å². The van der Waals surface area contributed by atoms with Gasteiger partial charge in [-0.05, 0) is 62.1 Å². The van der Waals surface area contributed by atoms with Gasteiger partial charge in [-0.1, -0.05) is 12.1 Å². The first-order chi connectivity index (χ1) is 13.7. The van der Waals surface area contributed by atoms with Gasteiger partial charge in [-0.25, -0.2) is 4.98 Å². The normalized spacial score (nSPS) is 21.5. The van der Waals surface area contributed by atoms with Gasteiger partial charge in [0.1, 0.15) is 11.6 Å². The van der Waals surface area contributed by atoms with Crippen molar-refractivity contribution in [3.8, 4) is 5.75 Å². The number of aromatic nitrogens is 3. The van der Waals surface area contributed by atoms with Gasteiger partial charge in [0.15, 0.2) is 5.82 Å². The van der Waals surface area contributed by atoms with Crippen molar-refractivity contribution >= 4 is 5.91 Å². The van der Waals surface area contributed by atoms with Gasteiger partial charge in [0.05, 0.1) is 12.5 Å². The van der Waals surface area contributed by atoms with Crippen molar-refractivity contribution in [1.29, 1.82) is 0 Å². The molecule has 1 saturated heterocycles. The summed E-state index contributed by atoms with van der Waals surface area (Å²) in [5.74, 6) is 4.34. The minimum atomic E-state index is -0.288. The number of hydrogen-bond donors (Lipinski definition) is 1. The summed E-state index contributed by atoms with van der Waals surface area (Å²) in [6.07, 6.45) is 7.42. The summed E-state index contributed by atoms with van der Waals surface area (Å²) >= 11 is 0. The molecule has 28 heavy (non-hydrogen) atoms. The number of H-pyrrole nitrogens is 1. The molecule has 0 atom stereocenters. The van der Waals surface area contributed by atoms with Gasteiger partial charge >= 0.3 is 0 Å². The topological polar surface area (TPSA) is 71.1 Å². The molecule has 2 heterocycles. The summed E-state index contributed by atoms with van der Waals surface area (Å²) in [5, 5.41) is 7.49. The second-order valence-electron chi connectivity index (χ2n) is 8.66. The number of amides is 1. The number of nitrogens with zero attached hydrogens (tertiary/aromatic N) is 3. The van der Waals surface area contributed by atoms with Crippen LogP contribution >= 0.6 is 0 Å². The van der Waals surface area contributed by atoms with Crippen LogP contribution < -0.4 is 4.74 Å². The number of rotatable bonds is 6. The highest BCUT2D eigenvalue weighted by atomic mass is 16.5. The van der Waals surface area contributed by atoms with E-state index < -0.39 is 0 Å². The minimum Gasteiger partial charge on any atom is -0.497 e. The molecule has 3 aliphatic rings. The number of aromatic amines is 1. The predicted molar refractivity (Wildman–Crippen MR) is 105 cm³/mol. The first kappa shape index (κ1) is 17.7. The molecule has 3 fully saturated rings. The molecule has 1 amide bonds. The summed E-state index contributed by atoms with van der Waals surface area (Å²) in [7, 11) is 1.67. The van der Waals surface area contributed by atoms with Crippen LogP contribution in [0.5, 0.6) is 5.75 Å². The third-order valence-electron chi connectivity index (χ3n) is 6.68. The zero-order valence-corrected chi connectivity index (χ0v) is 16.5. The molecule has 1 N–H and O–H groups in total. The van der Waals surface area contributed by atoms with E-state index in [0.29, 0.717) is 17.7 Å².